The molecule has 0 bridgehead atoms. The molecule has 5 heteroatoms. The average molecular weight is 299 g/mol. The molecule has 0 saturated carbocycles. The van der Waals surface area contributed by atoms with Crippen LogP contribution in [0.15, 0.2) is 48.9 Å². The van der Waals surface area contributed by atoms with Gasteiger partial charge < -0.3 is 20.8 Å². The Hall–Kier alpha value is -0.858. The molecule has 0 aromatic rings. The van der Waals surface area contributed by atoms with Crippen molar-refractivity contribution >= 4 is 0 Å². The first-order valence-electron chi connectivity index (χ1n) is 4.22. The van der Waals surface area contributed by atoms with Gasteiger partial charge in [0.15, 0.2) is 0 Å². The van der Waals surface area contributed by atoms with Crippen LogP contribution in [0.4, 0.5) is 0 Å². The smallest absolute Gasteiger partial charge is 0.663 e. The van der Waals surface area contributed by atoms with Crippen molar-refractivity contribution in [3.05, 3.63) is 59.5 Å². The Morgan fingerprint density at radius 2 is 1.13 bits per heavy atom. The molecule has 2 atom stereocenters. The van der Waals surface area contributed by atoms with E-state index in [4.69, 9.17) is 10.2 Å². The summed E-state index contributed by atoms with van der Waals surface area (Å²) in [6.45, 7) is 0. The Labute approximate surface area is 103 Å². The van der Waals surface area contributed by atoms with E-state index in [2.05, 4.69) is 10.6 Å². The van der Waals surface area contributed by atoms with Gasteiger partial charge in [-0.1, -0.05) is 36.5 Å². The summed E-state index contributed by atoms with van der Waals surface area (Å²) < 4.78 is 0. The first-order chi connectivity index (χ1) is 6.79. The van der Waals surface area contributed by atoms with E-state index in [-0.39, 0.29) is 20.4 Å². The molecule has 2 unspecified atom stereocenters. The van der Waals surface area contributed by atoms with E-state index in [1.54, 1.807) is 48.9 Å². The van der Waals surface area contributed by atoms with Gasteiger partial charge in [-0.05, 0) is 0 Å². The summed E-state index contributed by atoms with van der Waals surface area (Å²) in [5.41, 5.74) is 0. The largest absolute Gasteiger partial charge is 2.00 e. The van der Waals surface area contributed by atoms with E-state index >= 15 is 0 Å². The van der Waals surface area contributed by atoms with Gasteiger partial charge >= 0.3 is 20.4 Å². The quantitative estimate of drug-likeness (QED) is 0.666. The number of allylic oxidation sites excluding steroid dienone is 4. The number of hydrogen-bond acceptors (Lipinski definition) is 2. The van der Waals surface area contributed by atoms with Gasteiger partial charge in [-0.25, -0.2) is 0 Å². The third kappa shape index (κ3) is 7.12. The second-order valence-corrected chi connectivity index (χ2v) is 2.58. The van der Waals surface area contributed by atoms with Gasteiger partial charge in [0.2, 0.25) is 0 Å². The summed E-state index contributed by atoms with van der Waals surface area (Å²) in [5.74, 6) is 0. The second kappa shape index (κ2) is 8.45. The molecule has 2 N–H and O–H groups in total. The zero-order valence-corrected chi connectivity index (χ0v) is 9.43. The number of hydrogen-bond donors (Lipinski definition) is 2. The third-order valence-electron chi connectivity index (χ3n) is 1.44. The molecule has 0 radical (unpaired) electrons. The normalized spacial score (nSPS) is 25.5. The van der Waals surface area contributed by atoms with Crippen LogP contribution < -0.4 is 0 Å². The fraction of sp³-hybridized carbons (Fsp3) is 0.200. The van der Waals surface area contributed by atoms with E-state index in [0.29, 0.717) is 0 Å². The average Bonchev–Trinajstić information content (AvgIpc) is 2.21. The van der Waals surface area contributed by atoms with E-state index in [0.717, 1.165) is 0 Å². The molecule has 2 aliphatic rings. The Kier molecular flexibility index (Phi) is 7.97. The van der Waals surface area contributed by atoms with Crippen LogP contribution in [0, 0.1) is 0 Å². The summed E-state index contributed by atoms with van der Waals surface area (Å²) >= 11 is 0. The van der Waals surface area contributed by atoms with E-state index in [1.807, 2.05) is 0 Å². The topological polar surface area (TPSA) is 68.7 Å². The Balaban J connectivity index is 0.000000245. The van der Waals surface area contributed by atoms with Crippen molar-refractivity contribution in [2.24, 2.45) is 0 Å². The maximum absolute atomic E-state index is 8.60. The first-order valence-corrected chi connectivity index (χ1v) is 4.22. The molecule has 0 aromatic carbocycles. The van der Waals surface area contributed by atoms with Crippen LogP contribution in [0.3, 0.4) is 0 Å². The van der Waals surface area contributed by atoms with Crippen molar-refractivity contribution in [1.29, 1.82) is 0 Å². The fourth-order valence-electron chi connectivity index (χ4n) is 0.802. The molecule has 0 aromatic heterocycles. The molecule has 2 rings (SSSR count). The number of rotatable bonds is 0. The molecular weight excluding hydrogens is 287 g/mol. The summed E-state index contributed by atoms with van der Waals surface area (Å²) in [4.78, 5) is 0. The predicted octanol–water partition coefficient (Wildman–Crippen LogP) is 1.52. The van der Waals surface area contributed by atoms with Crippen molar-refractivity contribution in [3.63, 3.8) is 0 Å². The zero-order chi connectivity index (χ0) is 10.2. The van der Waals surface area contributed by atoms with Crippen molar-refractivity contribution in [2.75, 3.05) is 0 Å². The van der Waals surface area contributed by atoms with E-state index in [9.17, 15) is 0 Å². The minimum Gasteiger partial charge on any atom is -0.663 e. The van der Waals surface area contributed by atoms with Crippen molar-refractivity contribution in [1.82, 2.24) is 0 Å². The Morgan fingerprint density at radius 1 is 0.733 bits per heavy atom. The first kappa shape index (κ1) is 14.1. The van der Waals surface area contributed by atoms with Crippen molar-refractivity contribution in [3.8, 4) is 0 Å². The standard InChI is InChI=1S/2C5H6NO.Pd/c2*7-5-3-1-2-4-6-5;/h2*1-5,7H;/q2*-1;+2. The fourth-order valence-corrected chi connectivity index (χ4v) is 0.802. The summed E-state index contributed by atoms with van der Waals surface area (Å²) in [6.07, 6.45) is 12.2. The zero-order valence-electron chi connectivity index (χ0n) is 7.88. The van der Waals surface area contributed by atoms with Crippen LogP contribution >= 0.6 is 0 Å². The van der Waals surface area contributed by atoms with Crippen LogP contribution in [0.5, 0.6) is 0 Å². The van der Waals surface area contributed by atoms with Gasteiger partial charge in [0, 0.05) is 12.5 Å². The monoisotopic (exact) mass is 298 g/mol. The van der Waals surface area contributed by atoms with Crippen LogP contribution in [-0.2, 0) is 20.4 Å². The second-order valence-electron chi connectivity index (χ2n) is 2.58. The van der Waals surface area contributed by atoms with Crippen LogP contribution in [-0.4, -0.2) is 22.7 Å². The molecule has 84 valence electrons. The van der Waals surface area contributed by atoms with Gasteiger partial charge in [0.05, 0.1) is 0 Å². The number of aliphatic hydroxyl groups excluding tert-OH is 2. The molecule has 4 nitrogen and oxygen atoms in total. The van der Waals surface area contributed by atoms with Crippen molar-refractivity contribution in [2.45, 2.75) is 12.5 Å². The van der Waals surface area contributed by atoms with Gasteiger partial charge in [-0.15, -0.1) is 0 Å². The van der Waals surface area contributed by atoms with Crippen LogP contribution in [0.1, 0.15) is 0 Å². The molecule has 2 aliphatic heterocycles. The molecule has 0 saturated heterocycles. The number of nitrogens with zero attached hydrogens (tertiary/aromatic N) is 2. The third-order valence-corrected chi connectivity index (χ3v) is 1.44. The minimum absolute atomic E-state index is 0. The van der Waals surface area contributed by atoms with E-state index < -0.39 is 12.5 Å². The van der Waals surface area contributed by atoms with Gasteiger partial charge in [0.1, 0.15) is 0 Å². The van der Waals surface area contributed by atoms with Crippen molar-refractivity contribution < 1.29 is 30.6 Å². The maximum atomic E-state index is 8.60. The number of aliphatic hydroxyl groups is 2. The molecule has 15 heavy (non-hydrogen) atoms. The molecule has 0 fully saturated rings. The summed E-state index contributed by atoms with van der Waals surface area (Å²) in [7, 11) is 0. The molecular formula is C10H12N2O2Pd. The predicted molar refractivity (Wildman–Crippen MR) is 55.3 cm³/mol. The van der Waals surface area contributed by atoms with E-state index in [1.165, 1.54) is 0 Å². The van der Waals surface area contributed by atoms with Gasteiger partial charge in [0.25, 0.3) is 0 Å². The van der Waals surface area contributed by atoms with Crippen LogP contribution in [0.25, 0.3) is 10.6 Å². The maximum Gasteiger partial charge on any atom is 2.00 e. The van der Waals surface area contributed by atoms with Gasteiger partial charge in [-0.3, -0.25) is 0 Å². The Bertz CT molecular complexity index is 247. The van der Waals surface area contributed by atoms with Gasteiger partial charge in [-0.2, -0.15) is 12.4 Å². The molecule has 0 amide bonds. The molecule has 2 heterocycles. The minimum atomic E-state index is -0.606. The molecule has 0 spiro atoms. The molecule has 0 aliphatic carbocycles. The van der Waals surface area contributed by atoms with Crippen LogP contribution in [0.2, 0.25) is 0 Å². The SMILES string of the molecule is OC1C=CC=C[N-]1.OC1C=CC=C[N-]1.[Pd+2]. The Morgan fingerprint density at radius 3 is 1.27 bits per heavy atom. The summed E-state index contributed by atoms with van der Waals surface area (Å²) in [6, 6.07) is 0. The summed E-state index contributed by atoms with van der Waals surface area (Å²) in [5, 5.41) is 24.4.